The zero-order valence-corrected chi connectivity index (χ0v) is 10.9. The first-order chi connectivity index (χ1) is 8.02. The molecule has 1 N–H and O–H groups in total. The van der Waals surface area contributed by atoms with Gasteiger partial charge in [0.1, 0.15) is 0 Å². The molecule has 1 atom stereocenters. The van der Waals surface area contributed by atoms with E-state index in [0.717, 1.165) is 12.0 Å². The lowest BCUT2D eigenvalue weighted by atomic mass is 9.95. The molecule has 1 aromatic carbocycles. The first-order valence-corrected chi connectivity index (χ1v) is 6.33. The van der Waals surface area contributed by atoms with E-state index < -0.39 is 5.97 Å². The smallest absolute Gasteiger partial charge is 0.306 e. The number of benzene rings is 1. The normalized spacial score (nSPS) is 12.7. The van der Waals surface area contributed by atoms with Crippen molar-refractivity contribution in [3.05, 3.63) is 35.4 Å². The van der Waals surface area contributed by atoms with Crippen LogP contribution in [-0.2, 0) is 17.6 Å². The summed E-state index contributed by atoms with van der Waals surface area (Å²) in [7, 11) is 0. The molecule has 0 spiro atoms. The predicted octanol–water partition coefficient (Wildman–Crippen LogP) is 3.54. The van der Waals surface area contributed by atoms with Gasteiger partial charge in [-0.2, -0.15) is 0 Å². The Hall–Kier alpha value is -1.31. The number of carboxylic acid groups (broad SMARTS) is 1. The first kappa shape index (κ1) is 13.8. The van der Waals surface area contributed by atoms with Crippen LogP contribution in [0.15, 0.2) is 24.3 Å². The SMILES string of the molecule is CCC(Cc1ccc(CC(C)C)cc1)C(=O)O. The standard InChI is InChI=1S/C15H22O2/c1-4-14(15(16)17)10-13-7-5-12(6-8-13)9-11(2)3/h5-8,11,14H,4,9-10H2,1-3H3,(H,16,17). The molecule has 0 amide bonds. The molecule has 0 saturated carbocycles. The zero-order chi connectivity index (χ0) is 12.8. The lowest BCUT2D eigenvalue weighted by molar-refractivity contribution is -0.141. The van der Waals surface area contributed by atoms with Crippen LogP contribution in [-0.4, -0.2) is 11.1 Å². The molecular weight excluding hydrogens is 212 g/mol. The monoisotopic (exact) mass is 234 g/mol. The first-order valence-electron chi connectivity index (χ1n) is 6.33. The van der Waals surface area contributed by atoms with Gasteiger partial charge < -0.3 is 5.11 Å². The maximum atomic E-state index is 10.9. The maximum Gasteiger partial charge on any atom is 0.306 e. The van der Waals surface area contributed by atoms with Gasteiger partial charge in [-0.15, -0.1) is 0 Å². The van der Waals surface area contributed by atoms with Gasteiger partial charge in [0.2, 0.25) is 0 Å². The van der Waals surface area contributed by atoms with Crippen LogP contribution >= 0.6 is 0 Å². The number of carbonyl (C=O) groups is 1. The summed E-state index contributed by atoms with van der Waals surface area (Å²) in [6, 6.07) is 8.35. The summed E-state index contributed by atoms with van der Waals surface area (Å²) >= 11 is 0. The Bertz CT molecular complexity index is 352. The third-order valence-electron chi connectivity index (χ3n) is 2.99. The molecule has 0 fully saturated rings. The van der Waals surface area contributed by atoms with Crippen LogP contribution in [0.1, 0.15) is 38.3 Å². The second-order valence-electron chi connectivity index (χ2n) is 5.06. The van der Waals surface area contributed by atoms with Crippen LogP contribution in [0.2, 0.25) is 0 Å². The minimum Gasteiger partial charge on any atom is -0.481 e. The van der Waals surface area contributed by atoms with Crippen LogP contribution in [0.5, 0.6) is 0 Å². The second-order valence-corrected chi connectivity index (χ2v) is 5.06. The third kappa shape index (κ3) is 4.59. The summed E-state index contributed by atoms with van der Waals surface area (Å²) in [5.41, 5.74) is 2.44. The van der Waals surface area contributed by atoms with Crippen LogP contribution in [0.4, 0.5) is 0 Å². The Balaban J connectivity index is 2.64. The van der Waals surface area contributed by atoms with Gasteiger partial charge in [0.05, 0.1) is 5.92 Å². The van der Waals surface area contributed by atoms with E-state index in [0.29, 0.717) is 18.8 Å². The Morgan fingerprint density at radius 2 is 1.59 bits per heavy atom. The van der Waals surface area contributed by atoms with Gasteiger partial charge in [-0.05, 0) is 36.3 Å². The van der Waals surface area contributed by atoms with Crippen molar-refractivity contribution in [3.63, 3.8) is 0 Å². The highest BCUT2D eigenvalue weighted by Gasteiger charge is 2.15. The summed E-state index contributed by atoms with van der Waals surface area (Å²) in [5, 5.41) is 9.01. The Morgan fingerprint density at radius 3 is 1.94 bits per heavy atom. The number of rotatable bonds is 6. The van der Waals surface area contributed by atoms with E-state index in [2.05, 4.69) is 38.1 Å². The van der Waals surface area contributed by atoms with Crippen molar-refractivity contribution >= 4 is 5.97 Å². The average Bonchev–Trinajstić information content (AvgIpc) is 2.26. The van der Waals surface area contributed by atoms with Crippen LogP contribution in [0, 0.1) is 11.8 Å². The van der Waals surface area contributed by atoms with Crippen LogP contribution in [0.25, 0.3) is 0 Å². The van der Waals surface area contributed by atoms with E-state index >= 15 is 0 Å². The average molecular weight is 234 g/mol. The Labute approximate surface area is 104 Å². The number of hydrogen-bond acceptors (Lipinski definition) is 1. The molecule has 2 nitrogen and oxygen atoms in total. The quantitative estimate of drug-likeness (QED) is 0.817. The molecule has 0 bridgehead atoms. The molecule has 0 heterocycles. The van der Waals surface area contributed by atoms with Crippen molar-refractivity contribution < 1.29 is 9.90 Å². The molecule has 0 saturated heterocycles. The molecule has 94 valence electrons. The van der Waals surface area contributed by atoms with Crippen LogP contribution < -0.4 is 0 Å². The molecule has 0 aromatic heterocycles. The summed E-state index contributed by atoms with van der Waals surface area (Å²) in [4.78, 5) is 10.9. The molecule has 1 rings (SSSR count). The molecule has 0 aliphatic heterocycles. The number of carboxylic acids is 1. The van der Waals surface area contributed by atoms with Crippen molar-refractivity contribution in [2.45, 2.75) is 40.0 Å². The Kier molecular flexibility index (Phi) is 5.20. The summed E-state index contributed by atoms with van der Waals surface area (Å²) in [6.45, 7) is 6.32. The van der Waals surface area contributed by atoms with Crippen molar-refractivity contribution in [1.29, 1.82) is 0 Å². The van der Waals surface area contributed by atoms with E-state index in [1.807, 2.05) is 6.92 Å². The fourth-order valence-corrected chi connectivity index (χ4v) is 1.97. The summed E-state index contributed by atoms with van der Waals surface area (Å²) < 4.78 is 0. The molecule has 0 aliphatic carbocycles. The molecular formula is C15H22O2. The summed E-state index contributed by atoms with van der Waals surface area (Å²) in [6.07, 6.45) is 2.40. The predicted molar refractivity (Wildman–Crippen MR) is 70.1 cm³/mol. The van der Waals surface area contributed by atoms with Gasteiger partial charge in [-0.3, -0.25) is 4.79 Å². The van der Waals surface area contributed by atoms with E-state index in [9.17, 15) is 4.79 Å². The topological polar surface area (TPSA) is 37.3 Å². The van der Waals surface area contributed by atoms with Crippen LogP contribution in [0.3, 0.4) is 0 Å². The molecule has 17 heavy (non-hydrogen) atoms. The second kappa shape index (κ2) is 6.43. The van der Waals surface area contributed by atoms with E-state index in [1.165, 1.54) is 5.56 Å². The maximum absolute atomic E-state index is 10.9. The number of hydrogen-bond donors (Lipinski definition) is 1. The molecule has 0 radical (unpaired) electrons. The zero-order valence-electron chi connectivity index (χ0n) is 10.9. The molecule has 1 unspecified atom stereocenters. The van der Waals surface area contributed by atoms with E-state index in [1.54, 1.807) is 0 Å². The fourth-order valence-electron chi connectivity index (χ4n) is 1.97. The highest BCUT2D eigenvalue weighted by Crippen LogP contribution is 2.15. The van der Waals surface area contributed by atoms with Crippen molar-refractivity contribution in [2.24, 2.45) is 11.8 Å². The van der Waals surface area contributed by atoms with Gasteiger partial charge in [-0.25, -0.2) is 0 Å². The van der Waals surface area contributed by atoms with Gasteiger partial charge in [0.25, 0.3) is 0 Å². The molecule has 0 aliphatic rings. The fraction of sp³-hybridized carbons (Fsp3) is 0.533. The van der Waals surface area contributed by atoms with Gasteiger partial charge >= 0.3 is 5.97 Å². The Morgan fingerprint density at radius 1 is 1.12 bits per heavy atom. The highest BCUT2D eigenvalue weighted by molar-refractivity contribution is 5.70. The molecule has 1 aromatic rings. The van der Waals surface area contributed by atoms with E-state index in [4.69, 9.17) is 5.11 Å². The lowest BCUT2D eigenvalue weighted by Crippen LogP contribution is -2.15. The van der Waals surface area contributed by atoms with Crippen molar-refractivity contribution in [2.75, 3.05) is 0 Å². The van der Waals surface area contributed by atoms with Crippen molar-refractivity contribution in [3.8, 4) is 0 Å². The third-order valence-corrected chi connectivity index (χ3v) is 2.99. The largest absolute Gasteiger partial charge is 0.481 e. The van der Waals surface area contributed by atoms with Gasteiger partial charge in [0, 0.05) is 0 Å². The lowest BCUT2D eigenvalue weighted by Gasteiger charge is -2.10. The summed E-state index contributed by atoms with van der Waals surface area (Å²) in [5.74, 6) is -0.298. The highest BCUT2D eigenvalue weighted by atomic mass is 16.4. The molecule has 2 heteroatoms. The van der Waals surface area contributed by atoms with Gasteiger partial charge in [-0.1, -0.05) is 45.0 Å². The minimum absolute atomic E-state index is 0.258. The van der Waals surface area contributed by atoms with E-state index in [-0.39, 0.29) is 5.92 Å². The minimum atomic E-state index is -0.696. The van der Waals surface area contributed by atoms with Gasteiger partial charge in [0.15, 0.2) is 0 Å². The number of aliphatic carboxylic acids is 1. The van der Waals surface area contributed by atoms with Crippen molar-refractivity contribution in [1.82, 2.24) is 0 Å².